The second kappa shape index (κ2) is 3.29. The third-order valence-corrected chi connectivity index (χ3v) is 1.40. The van der Waals surface area contributed by atoms with E-state index >= 15 is 0 Å². The van der Waals surface area contributed by atoms with E-state index in [1.54, 1.807) is 12.4 Å². The monoisotopic (exact) mass is 138 g/mol. The van der Waals surface area contributed by atoms with E-state index in [0.29, 0.717) is 0 Å². The lowest BCUT2D eigenvalue weighted by Crippen LogP contribution is -2.12. The Morgan fingerprint density at radius 2 is 2.10 bits per heavy atom. The van der Waals surface area contributed by atoms with Gasteiger partial charge in [0, 0.05) is 12.4 Å². The molecular formula is C7H10N2O. The molecule has 0 saturated carbocycles. The molecule has 0 saturated heterocycles. The van der Waals surface area contributed by atoms with Crippen molar-refractivity contribution in [3.05, 3.63) is 30.1 Å². The van der Waals surface area contributed by atoms with E-state index in [2.05, 4.69) is 10.5 Å². The largest absolute Gasteiger partial charge is 0.316 e. The van der Waals surface area contributed by atoms with E-state index in [1.807, 2.05) is 19.1 Å². The topological polar surface area (TPSA) is 45.1 Å². The van der Waals surface area contributed by atoms with Gasteiger partial charge in [-0.3, -0.25) is 4.98 Å². The minimum Gasteiger partial charge on any atom is -0.316 e. The molecule has 3 nitrogen and oxygen atoms in total. The molecule has 1 heterocycles. The maximum Gasteiger partial charge on any atom is 0.0541 e. The van der Waals surface area contributed by atoms with Crippen molar-refractivity contribution >= 4 is 0 Å². The molecule has 1 atom stereocenters. The molecule has 1 aromatic heterocycles. The lowest BCUT2D eigenvalue weighted by atomic mass is 10.1. The zero-order valence-electron chi connectivity index (χ0n) is 5.78. The number of hydrogen-bond acceptors (Lipinski definition) is 3. The first kappa shape index (κ1) is 7.18. The third kappa shape index (κ3) is 1.52. The summed E-state index contributed by atoms with van der Waals surface area (Å²) in [5.74, 6) is 0. The van der Waals surface area contributed by atoms with Crippen molar-refractivity contribution in [2.45, 2.75) is 13.0 Å². The molecule has 0 aliphatic rings. The minimum absolute atomic E-state index is 0.0250. The van der Waals surface area contributed by atoms with Crippen molar-refractivity contribution < 1.29 is 5.21 Å². The quantitative estimate of drug-likeness (QED) is 0.602. The number of hydroxylamine groups is 1. The summed E-state index contributed by atoms with van der Waals surface area (Å²) in [6.45, 7) is 1.87. The molecule has 0 spiro atoms. The van der Waals surface area contributed by atoms with Gasteiger partial charge >= 0.3 is 0 Å². The van der Waals surface area contributed by atoms with Crippen LogP contribution in [0.2, 0.25) is 0 Å². The summed E-state index contributed by atoms with van der Waals surface area (Å²) in [5, 5.41) is 8.52. The van der Waals surface area contributed by atoms with E-state index in [4.69, 9.17) is 5.21 Å². The second-order valence-corrected chi connectivity index (χ2v) is 2.13. The van der Waals surface area contributed by atoms with Crippen LogP contribution >= 0.6 is 0 Å². The second-order valence-electron chi connectivity index (χ2n) is 2.13. The van der Waals surface area contributed by atoms with Crippen molar-refractivity contribution in [2.75, 3.05) is 0 Å². The van der Waals surface area contributed by atoms with Crippen LogP contribution < -0.4 is 5.48 Å². The summed E-state index contributed by atoms with van der Waals surface area (Å²) in [7, 11) is 0. The van der Waals surface area contributed by atoms with Gasteiger partial charge in [0.2, 0.25) is 0 Å². The standard InChI is InChI=1S/C7H10N2O/c1-6(9-10)7-2-4-8-5-3-7/h2-6,9-10H,1H3. The number of hydrogen-bond donors (Lipinski definition) is 2. The van der Waals surface area contributed by atoms with Gasteiger partial charge in [-0.25, -0.2) is 0 Å². The fraction of sp³-hybridized carbons (Fsp3) is 0.286. The highest BCUT2D eigenvalue weighted by atomic mass is 16.5. The molecule has 1 aromatic rings. The average molecular weight is 138 g/mol. The Balaban J connectivity index is 2.75. The number of nitrogens with one attached hydrogen (secondary N) is 1. The molecule has 0 bridgehead atoms. The number of rotatable bonds is 2. The molecule has 0 radical (unpaired) electrons. The highest BCUT2D eigenvalue weighted by Crippen LogP contribution is 2.07. The zero-order valence-corrected chi connectivity index (χ0v) is 5.78. The average Bonchev–Trinajstić information content (AvgIpc) is 2.05. The van der Waals surface area contributed by atoms with E-state index in [9.17, 15) is 0 Å². The molecule has 1 rings (SSSR count). The van der Waals surface area contributed by atoms with Crippen LogP contribution in [0.1, 0.15) is 18.5 Å². The normalized spacial score (nSPS) is 13.0. The lowest BCUT2D eigenvalue weighted by molar-refractivity contribution is 0.133. The van der Waals surface area contributed by atoms with Crippen molar-refractivity contribution in [1.29, 1.82) is 0 Å². The van der Waals surface area contributed by atoms with Gasteiger partial charge in [0.15, 0.2) is 0 Å². The van der Waals surface area contributed by atoms with Crippen LogP contribution in [0, 0.1) is 0 Å². The molecule has 0 fully saturated rings. The third-order valence-electron chi connectivity index (χ3n) is 1.40. The Hall–Kier alpha value is -0.930. The molecule has 0 aliphatic heterocycles. The maximum absolute atomic E-state index is 8.52. The molecule has 2 N–H and O–H groups in total. The van der Waals surface area contributed by atoms with Gasteiger partial charge in [-0.15, -0.1) is 0 Å². The van der Waals surface area contributed by atoms with Crippen LogP contribution in [-0.2, 0) is 0 Å². The molecule has 0 aromatic carbocycles. The Morgan fingerprint density at radius 3 is 2.60 bits per heavy atom. The SMILES string of the molecule is CC(NO)c1ccncc1. The van der Waals surface area contributed by atoms with E-state index < -0.39 is 0 Å². The van der Waals surface area contributed by atoms with Crippen molar-refractivity contribution in [3.63, 3.8) is 0 Å². The molecule has 1 unspecified atom stereocenters. The van der Waals surface area contributed by atoms with Crippen LogP contribution in [0.3, 0.4) is 0 Å². The predicted octanol–water partition coefficient (Wildman–Crippen LogP) is 1.12. The van der Waals surface area contributed by atoms with Crippen LogP contribution in [-0.4, -0.2) is 10.2 Å². The van der Waals surface area contributed by atoms with E-state index in [1.165, 1.54) is 0 Å². The van der Waals surface area contributed by atoms with Gasteiger partial charge in [-0.05, 0) is 24.6 Å². The van der Waals surface area contributed by atoms with Gasteiger partial charge < -0.3 is 5.21 Å². The summed E-state index contributed by atoms with van der Waals surface area (Å²) in [5.41, 5.74) is 3.18. The molecule has 0 amide bonds. The fourth-order valence-corrected chi connectivity index (χ4v) is 0.727. The Bertz CT molecular complexity index is 188. The molecule has 3 heteroatoms. The Morgan fingerprint density at radius 1 is 1.50 bits per heavy atom. The summed E-state index contributed by atoms with van der Waals surface area (Å²) in [4.78, 5) is 3.85. The van der Waals surface area contributed by atoms with Crippen LogP contribution in [0.4, 0.5) is 0 Å². The van der Waals surface area contributed by atoms with Gasteiger partial charge in [0.25, 0.3) is 0 Å². The first-order valence-corrected chi connectivity index (χ1v) is 3.14. The molecule has 54 valence electrons. The summed E-state index contributed by atoms with van der Waals surface area (Å²) in [6.07, 6.45) is 3.40. The summed E-state index contributed by atoms with van der Waals surface area (Å²) in [6, 6.07) is 3.69. The molecule has 10 heavy (non-hydrogen) atoms. The fourth-order valence-electron chi connectivity index (χ4n) is 0.727. The number of pyridine rings is 1. The van der Waals surface area contributed by atoms with Gasteiger partial charge in [0.05, 0.1) is 6.04 Å². The Labute approximate surface area is 59.7 Å². The van der Waals surface area contributed by atoms with E-state index in [-0.39, 0.29) is 6.04 Å². The summed E-state index contributed by atoms with van der Waals surface area (Å²) >= 11 is 0. The lowest BCUT2D eigenvalue weighted by Gasteiger charge is -2.06. The van der Waals surface area contributed by atoms with Gasteiger partial charge in [-0.1, -0.05) is 0 Å². The smallest absolute Gasteiger partial charge is 0.0541 e. The first-order chi connectivity index (χ1) is 4.84. The van der Waals surface area contributed by atoms with Gasteiger partial charge in [-0.2, -0.15) is 5.48 Å². The number of nitrogens with zero attached hydrogens (tertiary/aromatic N) is 1. The first-order valence-electron chi connectivity index (χ1n) is 3.14. The van der Waals surface area contributed by atoms with Crippen molar-refractivity contribution in [2.24, 2.45) is 0 Å². The zero-order chi connectivity index (χ0) is 7.40. The Kier molecular flexibility index (Phi) is 2.36. The van der Waals surface area contributed by atoms with Crippen LogP contribution in [0.25, 0.3) is 0 Å². The predicted molar refractivity (Wildman–Crippen MR) is 37.6 cm³/mol. The molecular weight excluding hydrogens is 128 g/mol. The van der Waals surface area contributed by atoms with Gasteiger partial charge in [0.1, 0.15) is 0 Å². The molecule has 0 aliphatic carbocycles. The van der Waals surface area contributed by atoms with Crippen molar-refractivity contribution in [1.82, 2.24) is 10.5 Å². The van der Waals surface area contributed by atoms with E-state index in [0.717, 1.165) is 5.56 Å². The van der Waals surface area contributed by atoms with Crippen molar-refractivity contribution in [3.8, 4) is 0 Å². The minimum atomic E-state index is -0.0250. The highest BCUT2D eigenvalue weighted by molar-refractivity contribution is 5.13. The van der Waals surface area contributed by atoms with Crippen LogP contribution in [0.15, 0.2) is 24.5 Å². The summed E-state index contributed by atoms with van der Waals surface area (Å²) < 4.78 is 0. The van der Waals surface area contributed by atoms with Crippen LogP contribution in [0.5, 0.6) is 0 Å². The number of aromatic nitrogens is 1. The highest BCUT2D eigenvalue weighted by Gasteiger charge is 1.99. The maximum atomic E-state index is 8.52.